The predicted molar refractivity (Wildman–Crippen MR) is 96.8 cm³/mol. The van der Waals surface area contributed by atoms with E-state index in [1.807, 2.05) is 19.1 Å². The van der Waals surface area contributed by atoms with E-state index >= 15 is 0 Å². The van der Waals surface area contributed by atoms with Gasteiger partial charge in [-0.1, -0.05) is 54.7 Å². The number of hydrogen-bond donors (Lipinski definition) is 0. The first-order valence-corrected chi connectivity index (χ1v) is 8.17. The maximum Gasteiger partial charge on any atom is 0.211 e. The SMILES string of the molecule is Cc1ccc(C(C)C)c(-c2oc3ccc(Cl)cc3c(=O)c2Cl)c1. The highest BCUT2D eigenvalue weighted by Crippen LogP contribution is 2.35. The number of hydrogen-bond acceptors (Lipinski definition) is 2. The highest BCUT2D eigenvalue weighted by atomic mass is 35.5. The molecule has 0 atom stereocenters. The quantitative estimate of drug-likeness (QED) is 0.552. The van der Waals surface area contributed by atoms with Crippen LogP contribution in [0.15, 0.2) is 45.6 Å². The van der Waals surface area contributed by atoms with Gasteiger partial charge in [-0.2, -0.15) is 0 Å². The first-order valence-electron chi connectivity index (χ1n) is 7.41. The molecule has 0 amide bonds. The molecule has 0 bridgehead atoms. The molecule has 0 spiro atoms. The Bertz CT molecular complexity index is 955. The molecule has 23 heavy (non-hydrogen) atoms. The predicted octanol–water partition coefficient (Wildman–Crippen LogP) is 6.20. The molecule has 0 radical (unpaired) electrons. The molecule has 0 N–H and O–H groups in total. The van der Waals surface area contributed by atoms with Crippen LogP contribution in [0.3, 0.4) is 0 Å². The van der Waals surface area contributed by atoms with Crippen molar-refractivity contribution in [1.82, 2.24) is 0 Å². The molecule has 0 fully saturated rings. The molecule has 0 aliphatic heterocycles. The average molecular weight is 347 g/mol. The molecule has 2 nitrogen and oxygen atoms in total. The van der Waals surface area contributed by atoms with E-state index in [2.05, 4.69) is 19.9 Å². The standard InChI is InChI=1S/C19H16Cl2O2/c1-10(2)13-6-4-11(3)8-14(13)19-17(21)18(22)15-9-12(20)5-7-16(15)23-19/h4-10H,1-3H3. The summed E-state index contributed by atoms with van der Waals surface area (Å²) in [5.41, 5.74) is 3.25. The summed E-state index contributed by atoms with van der Waals surface area (Å²) >= 11 is 12.3. The molecular weight excluding hydrogens is 331 g/mol. The lowest BCUT2D eigenvalue weighted by Gasteiger charge is -2.14. The van der Waals surface area contributed by atoms with E-state index in [-0.39, 0.29) is 16.4 Å². The van der Waals surface area contributed by atoms with Crippen molar-refractivity contribution in [3.63, 3.8) is 0 Å². The summed E-state index contributed by atoms with van der Waals surface area (Å²) in [6, 6.07) is 11.1. The molecule has 118 valence electrons. The van der Waals surface area contributed by atoms with Crippen LogP contribution in [0.4, 0.5) is 0 Å². The van der Waals surface area contributed by atoms with Gasteiger partial charge in [-0.15, -0.1) is 0 Å². The third-order valence-corrected chi connectivity index (χ3v) is 4.45. The van der Waals surface area contributed by atoms with Crippen molar-refractivity contribution in [2.45, 2.75) is 26.7 Å². The Morgan fingerprint density at radius 3 is 2.48 bits per heavy atom. The lowest BCUT2D eigenvalue weighted by atomic mass is 9.94. The topological polar surface area (TPSA) is 30.2 Å². The molecular formula is C19H16Cl2O2. The number of halogens is 2. The third kappa shape index (κ3) is 2.89. The average Bonchev–Trinajstić information content (AvgIpc) is 2.51. The second kappa shape index (κ2) is 6.03. The normalized spacial score (nSPS) is 11.4. The summed E-state index contributed by atoms with van der Waals surface area (Å²) in [7, 11) is 0. The lowest BCUT2D eigenvalue weighted by molar-refractivity contribution is 0.617. The third-order valence-electron chi connectivity index (χ3n) is 3.87. The van der Waals surface area contributed by atoms with Crippen LogP contribution >= 0.6 is 23.2 Å². The van der Waals surface area contributed by atoms with E-state index in [9.17, 15) is 4.79 Å². The van der Waals surface area contributed by atoms with Gasteiger partial charge in [0.05, 0.1) is 5.39 Å². The highest BCUT2D eigenvalue weighted by molar-refractivity contribution is 6.34. The minimum Gasteiger partial charge on any atom is -0.454 e. The Labute approximate surface area is 144 Å². The molecule has 0 aliphatic carbocycles. The maximum atomic E-state index is 12.6. The monoisotopic (exact) mass is 346 g/mol. The van der Waals surface area contributed by atoms with Gasteiger partial charge < -0.3 is 4.42 Å². The molecule has 3 rings (SSSR count). The molecule has 2 aromatic carbocycles. The van der Waals surface area contributed by atoms with Crippen molar-refractivity contribution in [3.8, 4) is 11.3 Å². The van der Waals surface area contributed by atoms with E-state index < -0.39 is 0 Å². The van der Waals surface area contributed by atoms with Gasteiger partial charge in [-0.3, -0.25) is 4.79 Å². The first-order chi connectivity index (χ1) is 10.9. The Balaban J connectivity index is 2.38. The second-order valence-electron chi connectivity index (χ2n) is 5.96. The lowest BCUT2D eigenvalue weighted by Crippen LogP contribution is -2.05. The zero-order valence-electron chi connectivity index (χ0n) is 13.1. The minimum absolute atomic E-state index is 0.0901. The number of aryl methyl sites for hydroxylation is 1. The highest BCUT2D eigenvalue weighted by Gasteiger charge is 2.18. The van der Waals surface area contributed by atoms with Gasteiger partial charge in [0.25, 0.3) is 0 Å². The van der Waals surface area contributed by atoms with Crippen molar-refractivity contribution in [2.24, 2.45) is 0 Å². The van der Waals surface area contributed by atoms with Crippen LogP contribution in [0, 0.1) is 6.92 Å². The molecule has 1 heterocycles. The molecule has 1 aromatic heterocycles. The van der Waals surface area contributed by atoms with Crippen LogP contribution in [0.25, 0.3) is 22.3 Å². The zero-order chi connectivity index (χ0) is 16.7. The minimum atomic E-state index is -0.262. The Hall–Kier alpha value is -1.77. The molecule has 3 aromatic rings. The number of fused-ring (bicyclic) bond motifs is 1. The summed E-state index contributed by atoms with van der Waals surface area (Å²) in [6.07, 6.45) is 0. The fourth-order valence-electron chi connectivity index (χ4n) is 2.69. The van der Waals surface area contributed by atoms with Crippen LogP contribution in [-0.4, -0.2) is 0 Å². The summed E-state index contributed by atoms with van der Waals surface area (Å²) in [4.78, 5) is 12.6. The van der Waals surface area contributed by atoms with Gasteiger partial charge in [-0.05, 0) is 42.7 Å². The molecule has 0 saturated carbocycles. The van der Waals surface area contributed by atoms with Gasteiger partial charge in [-0.25, -0.2) is 0 Å². The summed E-state index contributed by atoms with van der Waals surface area (Å²) < 4.78 is 5.97. The van der Waals surface area contributed by atoms with Crippen LogP contribution in [-0.2, 0) is 0 Å². The second-order valence-corrected chi connectivity index (χ2v) is 6.77. The van der Waals surface area contributed by atoms with E-state index in [4.69, 9.17) is 27.6 Å². The van der Waals surface area contributed by atoms with Crippen LogP contribution < -0.4 is 5.43 Å². The van der Waals surface area contributed by atoms with E-state index in [1.54, 1.807) is 18.2 Å². The number of benzene rings is 2. The summed E-state index contributed by atoms with van der Waals surface area (Å²) in [6.45, 7) is 6.20. The van der Waals surface area contributed by atoms with Crippen molar-refractivity contribution in [1.29, 1.82) is 0 Å². The summed E-state index contributed by atoms with van der Waals surface area (Å²) in [5.74, 6) is 0.701. The van der Waals surface area contributed by atoms with Crippen LogP contribution in [0.5, 0.6) is 0 Å². The fourth-order valence-corrected chi connectivity index (χ4v) is 3.10. The number of rotatable bonds is 2. The largest absolute Gasteiger partial charge is 0.454 e. The summed E-state index contributed by atoms with van der Waals surface area (Å²) in [5, 5.41) is 0.962. The zero-order valence-corrected chi connectivity index (χ0v) is 14.6. The Morgan fingerprint density at radius 1 is 1.04 bits per heavy atom. The Kier molecular flexibility index (Phi) is 4.22. The molecule has 4 heteroatoms. The molecule has 0 saturated heterocycles. The van der Waals surface area contributed by atoms with Crippen LogP contribution in [0.2, 0.25) is 10.0 Å². The Morgan fingerprint density at radius 2 is 1.78 bits per heavy atom. The van der Waals surface area contributed by atoms with Gasteiger partial charge in [0.1, 0.15) is 10.6 Å². The fraction of sp³-hybridized carbons (Fsp3) is 0.211. The van der Waals surface area contributed by atoms with Crippen molar-refractivity contribution in [2.75, 3.05) is 0 Å². The van der Waals surface area contributed by atoms with Gasteiger partial charge >= 0.3 is 0 Å². The van der Waals surface area contributed by atoms with Crippen molar-refractivity contribution < 1.29 is 4.42 Å². The first kappa shape index (κ1) is 16.1. The van der Waals surface area contributed by atoms with Gasteiger partial charge in [0.2, 0.25) is 5.43 Å². The maximum absolute atomic E-state index is 12.6. The van der Waals surface area contributed by atoms with E-state index in [0.29, 0.717) is 21.8 Å². The molecule has 0 unspecified atom stereocenters. The van der Waals surface area contributed by atoms with Crippen molar-refractivity contribution >= 4 is 34.2 Å². The van der Waals surface area contributed by atoms with Gasteiger partial charge in [0, 0.05) is 10.6 Å². The van der Waals surface area contributed by atoms with Gasteiger partial charge in [0.15, 0.2) is 5.76 Å². The van der Waals surface area contributed by atoms with E-state index in [1.165, 1.54) is 0 Å². The van der Waals surface area contributed by atoms with E-state index in [0.717, 1.165) is 16.7 Å². The molecule has 0 aliphatic rings. The smallest absolute Gasteiger partial charge is 0.211 e. The van der Waals surface area contributed by atoms with Crippen LogP contribution in [0.1, 0.15) is 30.9 Å². The van der Waals surface area contributed by atoms with Crippen molar-refractivity contribution in [3.05, 3.63) is 67.8 Å².